The average Bonchev–Trinajstić information content (AvgIpc) is 1.56. The summed E-state index contributed by atoms with van der Waals surface area (Å²) >= 11 is 0. The third kappa shape index (κ3) is 23.8. The quantitative estimate of drug-likeness (QED) is 0.0640. The number of alkyl halides is 7. The molecular weight excluding hydrogens is 1900 g/mol. The Bertz CT molecular complexity index is 5400. The van der Waals surface area contributed by atoms with Crippen LogP contribution in [0.4, 0.5) is 35.5 Å². The molecule has 4 amide bonds. The Hall–Kier alpha value is -8.56. The minimum Gasteiger partial charge on any atom is -0.540 e. The molecule has 9 heterocycles. The van der Waals surface area contributed by atoms with Gasteiger partial charge in [0, 0.05) is 110 Å². The first-order chi connectivity index (χ1) is 63.3. The van der Waals surface area contributed by atoms with Crippen LogP contribution in [0.15, 0.2) is 54.6 Å². The molecule has 6 bridgehead atoms. The number of nitrogens with zero attached hydrogens (tertiary/aromatic N) is 8. The third-order valence-electron chi connectivity index (χ3n) is 29.6. The van der Waals surface area contributed by atoms with Gasteiger partial charge in [-0.2, -0.15) is 13.2 Å². The maximum Gasteiger partial charge on any atom is 0.428 e. The topological polar surface area (TPSA) is 323 Å². The Morgan fingerprint density at radius 1 is 0.504 bits per heavy atom. The van der Waals surface area contributed by atoms with Crippen LogP contribution in [0.3, 0.4) is 0 Å². The molecule has 4 aliphatic carbocycles. The number of aryl methyl sites for hydroxylation is 3. The zero-order chi connectivity index (χ0) is 97.0. The predicted octanol–water partition coefficient (Wildman–Crippen LogP) is 16.9. The largest absolute Gasteiger partial charge is 0.540 e. The van der Waals surface area contributed by atoms with Crippen molar-refractivity contribution in [3.05, 3.63) is 77.1 Å². The summed E-state index contributed by atoms with van der Waals surface area (Å²) in [5.41, 5.74) is -1.71. The maximum atomic E-state index is 16.3. The van der Waals surface area contributed by atoms with Gasteiger partial charge in [-0.05, 0) is 171 Å². The number of alkyl carbamates (subject to hydrolysis) is 1. The molecule has 1 N–H and O–H groups in total. The van der Waals surface area contributed by atoms with Crippen LogP contribution in [0.5, 0.6) is 34.9 Å². The molecule has 6 aliphatic heterocycles. The van der Waals surface area contributed by atoms with Gasteiger partial charge in [0.25, 0.3) is 5.92 Å². The van der Waals surface area contributed by atoms with Crippen LogP contribution >= 0.6 is 0 Å². The van der Waals surface area contributed by atoms with Gasteiger partial charge in [-0.3, -0.25) is 24.0 Å². The molecular formula is C100H125F7N9O18V3-3. The van der Waals surface area contributed by atoms with Gasteiger partial charge >= 0.3 is 24.2 Å². The van der Waals surface area contributed by atoms with E-state index in [2.05, 4.69) is 10.3 Å². The van der Waals surface area contributed by atoms with Crippen LogP contribution in [-0.4, -0.2) is 208 Å². The normalized spacial score (nSPS) is 30.5. The Kier molecular flexibility index (Phi) is 34.6. The molecule has 745 valence electrons. The van der Waals surface area contributed by atoms with Crippen LogP contribution < -0.4 is 33.7 Å². The molecule has 10 aliphatic rings. The zero-order valence-electron chi connectivity index (χ0n) is 80.5. The predicted molar refractivity (Wildman–Crippen MR) is 478 cm³/mol. The first kappa shape index (κ1) is 109. The van der Waals surface area contributed by atoms with E-state index in [1.54, 1.807) is 98.2 Å². The van der Waals surface area contributed by atoms with E-state index in [0.717, 1.165) is 32.1 Å². The number of fused-ring (bicyclic) bond motifs is 17. The number of hydrogen-bond donors (Lipinski definition) is 1. The summed E-state index contributed by atoms with van der Waals surface area (Å²) in [5, 5.41) is 3.38. The van der Waals surface area contributed by atoms with Crippen LogP contribution in [-0.2, 0) is 127 Å². The number of ether oxygens (including phenoxy) is 9. The van der Waals surface area contributed by atoms with Gasteiger partial charge < -0.3 is 77.0 Å². The van der Waals surface area contributed by atoms with Gasteiger partial charge in [0.05, 0.1) is 98.8 Å². The van der Waals surface area contributed by atoms with Crippen molar-refractivity contribution in [2.45, 2.75) is 303 Å². The summed E-state index contributed by atoms with van der Waals surface area (Å²) in [6.45, 7) is 23.2. The number of hydrogen-bond acceptors (Lipinski definition) is 23. The summed E-state index contributed by atoms with van der Waals surface area (Å²) in [7, 11) is 4.64. The van der Waals surface area contributed by atoms with Crippen molar-refractivity contribution in [3.63, 3.8) is 0 Å². The summed E-state index contributed by atoms with van der Waals surface area (Å²) in [4.78, 5) is 146. The Balaban J connectivity index is 0.000000195. The summed E-state index contributed by atoms with van der Waals surface area (Å²) in [6, 6.07) is 11.9. The Morgan fingerprint density at radius 2 is 0.949 bits per heavy atom. The first-order valence-electron chi connectivity index (χ1n) is 47.1. The minimum absolute atomic E-state index is 0. The molecule has 4 saturated carbocycles. The van der Waals surface area contributed by atoms with E-state index in [4.69, 9.17) is 62.6 Å². The van der Waals surface area contributed by atoms with Crippen LogP contribution in [0, 0.1) is 82.3 Å². The van der Waals surface area contributed by atoms with E-state index < -0.39 is 179 Å². The average molecular weight is 2030 g/mol. The molecule has 37 heteroatoms. The monoisotopic (exact) mass is 2030 g/mol. The number of carbonyl (C=O) groups excluding carboxylic acids is 9. The molecule has 0 spiro atoms. The fourth-order valence-electron chi connectivity index (χ4n) is 21.2. The van der Waals surface area contributed by atoms with E-state index in [9.17, 15) is 65.1 Å². The molecule has 3 radical (unpaired) electrons. The second-order valence-electron chi connectivity index (χ2n) is 41.8. The number of nitrogens with one attached hydrogen (secondary N) is 1. The van der Waals surface area contributed by atoms with Crippen molar-refractivity contribution in [2.24, 2.45) is 75.4 Å². The summed E-state index contributed by atoms with van der Waals surface area (Å²) < 4.78 is 155. The van der Waals surface area contributed by atoms with Gasteiger partial charge in [-0.15, -0.1) is 0 Å². The van der Waals surface area contributed by atoms with Crippen molar-refractivity contribution in [1.82, 2.24) is 44.9 Å². The van der Waals surface area contributed by atoms with E-state index in [1.165, 1.54) is 21.8 Å². The van der Waals surface area contributed by atoms with E-state index in [-0.39, 0.29) is 136 Å². The van der Waals surface area contributed by atoms with Crippen LogP contribution in [0.1, 0.15) is 228 Å². The fourth-order valence-corrected chi connectivity index (χ4v) is 21.2. The Labute approximate surface area is 831 Å². The first-order valence-corrected chi connectivity index (χ1v) is 47.1. The number of amides is 4. The molecule has 20 atom stereocenters. The summed E-state index contributed by atoms with van der Waals surface area (Å²) in [6.07, 6.45) is 3.37. The molecule has 2 unspecified atom stereocenters. The van der Waals surface area contributed by atoms with Crippen molar-refractivity contribution in [3.8, 4) is 34.9 Å². The van der Waals surface area contributed by atoms with E-state index in [0.29, 0.717) is 143 Å². The molecule has 3 saturated heterocycles. The van der Waals surface area contributed by atoms with E-state index in [1.807, 2.05) is 79.5 Å². The number of rotatable bonds is 8. The third-order valence-corrected chi connectivity index (χ3v) is 29.6. The molecule has 7 fully saturated rings. The van der Waals surface area contributed by atoms with Crippen LogP contribution in [0.25, 0.3) is 33.0 Å². The molecule has 3 aromatic carbocycles. The number of halogens is 7. The smallest absolute Gasteiger partial charge is 0.428 e. The molecule has 3 aromatic heterocycles. The second kappa shape index (κ2) is 43.5. The van der Waals surface area contributed by atoms with Crippen LogP contribution in [0.2, 0.25) is 0 Å². The zero-order valence-corrected chi connectivity index (χ0v) is 84.7. The van der Waals surface area contributed by atoms with Gasteiger partial charge in [-0.1, -0.05) is 133 Å². The number of carbonyl (C=O) groups is 6. The number of esters is 2. The van der Waals surface area contributed by atoms with Crippen molar-refractivity contribution in [1.29, 1.82) is 0 Å². The number of aromatic nitrogens is 5. The molecule has 137 heavy (non-hydrogen) atoms. The number of benzene rings is 3. The maximum absolute atomic E-state index is 16.3. The SMILES string of the molecule is COc1ccc2c(C)c3c(nc2c1)O[C@H]1CN(C(=O)[C@H](C(C)(C)C)NC(=O)O[C@@H]2CC4CC4[C@H]2CCCCC3(F)F)[C@H]([C-]=O)[C@@H]1C.COc1ccc2nc3c(nc2c1)O[C@H]1CN(C(=O)[C@H](C(C)(C)C)CC(=O)O[C@]2(C(F)(F)F)C[C@H]2CCCCC3)[C@H]([C-]=O)[C@@H]1C.COc1ccc2nc3c(nc2c1)O[C@H]1CN(C(=O)[C@H](C(C)(C)C)CC(=O)O[C@]2(CC(F)F)C[C@H]2CCCCC3)[C@H]([C-]=O)[C@@H]1C.[V].[V].[V]. The van der Waals surface area contributed by atoms with Gasteiger partial charge in [0.2, 0.25) is 47.4 Å². The van der Waals surface area contributed by atoms with E-state index >= 15 is 8.78 Å². The van der Waals surface area contributed by atoms with Crippen molar-refractivity contribution < 1.29 is 172 Å². The fraction of sp³-hybridized carbons (Fsp3) is 0.660. The minimum atomic E-state index is -4.72. The Morgan fingerprint density at radius 3 is 1.41 bits per heavy atom. The number of methoxy groups -OCH3 is 3. The second-order valence-corrected chi connectivity index (χ2v) is 41.8. The number of pyridine rings is 1. The van der Waals surface area contributed by atoms with Gasteiger partial charge in [0.15, 0.2) is 0 Å². The van der Waals surface area contributed by atoms with Crippen molar-refractivity contribution in [2.75, 3.05) is 41.0 Å². The molecule has 6 aromatic rings. The standard InChI is InChI=1S/C35H44F2N3O6.C33H42F2N3O6.C32H39F3N3O6.3V/c1-18-22-11-10-21(44-6)15-25(22)38-31-29(18)35(36,37)12-8-7-9-23-24-13-20(24)14-27(23)46-33(43)39-30(34(3,4)5)32(42)40-16-28(45-31)19(2)26(40)17-41;1-19-26(18-39)38-17-27(19)43-30-24(36-23-12-11-21(42-5)13-25(23)37-30)10-8-6-7-9-20-15-33(20,16-28(34)35)44-29(40)14-22(31(38)41)32(2,3)4;1-18-25(17-39)38-16-26(18)43-28-23(36-22-12-11-20(42-5)13-24(22)37-28)10-8-6-7-9-19-15-31(19,32(33,34)35)44-27(40)14-21(29(38)41)30(2,3)4;;;/h10-11,15,19-20,23-24,26-28,30H,7-9,12-14,16H2,1-6H3,(H,39,43);11-13,19-20,22,26-28H,6-10,14-17H2,1-5H3;11-13,18-19,21,25-26H,6-10,14-16H2,1-5H3;;;/q3*-1;;;/t19-,20?,23+,24?,26+,27+,28-,30+;19-,20+,22+,26+,27-,33-;18-,19+,21+,25+,26-,31+;;;/m000.../s1. The molecule has 27 nitrogen and oxygen atoms in total. The summed E-state index contributed by atoms with van der Waals surface area (Å²) in [5.74, 6) is -7.62. The van der Waals surface area contributed by atoms with Crippen molar-refractivity contribution >= 4 is 87.6 Å². The molecule has 16 rings (SSSR count). The van der Waals surface area contributed by atoms with Gasteiger partial charge in [-0.25, -0.2) is 66.1 Å². The van der Waals surface area contributed by atoms with Gasteiger partial charge in [0.1, 0.15) is 64.7 Å².